The van der Waals surface area contributed by atoms with Gasteiger partial charge in [0.2, 0.25) is 0 Å². The molecule has 0 amide bonds. The highest BCUT2D eigenvalue weighted by molar-refractivity contribution is 7.99. The quantitative estimate of drug-likeness (QED) is 0.658. The molecule has 0 saturated carbocycles. The van der Waals surface area contributed by atoms with Gasteiger partial charge in [0, 0.05) is 42.6 Å². The van der Waals surface area contributed by atoms with Gasteiger partial charge in [-0.3, -0.25) is 4.79 Å². The molecule has 5 heteroatoms. The molecule has 3 rings (SSSR count). The van der Waals surface area contributed by atoms with Crippen molar-refractivity contribution in [1.29, 1.82) is 0 Å². The van der Waals surface area contributed by atoms with E-state index in [2.05, 4.69) is 0 Å². The molecule has 0 bridgehead atoms. The highest BCUT2D eigenvalue weighted by atomic mass is 35.5. The third kappa shape index (κ3) is 4.02. The van der Waals surface area contributed by atoms with Gasteiger partial charge in [-0.05, 0) is 45.1 Å². The summed E-state index contributed by atoms with van der Waals surface area (Å²) < 4.78 is 46.4. The van der Waals surface area contributed by atoms with E-state index in [4.69, 9.17) is 8.22 Å². The van der Waals surface area contributed by atoms with Gasteiger partial charge in [-0.1, -0.05) is 36.9 Å². The zero-order valence-corrected chi connectivity index (χ0v) is 15.8. The van der Waals surface area contributed by atoms with Gasteiger partial charge in [0.1, 0.15) is 0 Å². The molecule has 134 valence electrons. The first-order chi connectivity index (χ1) is 13.9. The smallest absolute Gasteiger partial charge is 0.162 e. The molecule has 0 saturated heterocycles. The number of hydrogen-bond acceptors (Lipinski definition) is 4. The first kappa shape index (κ1) is 12.8. The number of likely N-dealkylation sites (N-methyl/N-ethyl adjacent to an activating group) is 1. The summed E-state index contributed by atoms with van der Waals surface area (Å²) in [4.78, 5) is 16.7. The van der Waals surface area contributed by atoms with Crippen LogP contribution in [0.25, 0.3) is 0 Å². The van der Waals surface area contributed by atoms with Gasteiger partial charge in [0.15, 0.2) is 5.78 Å². The van der Waals surface area contributed by atoms with Gasteiger partial charge in [0.25, 0.3) is 0 Å². The number of Topliss-reactive ketones (excluding diaryl/α,β-unsaturated/α-hetero) is 1. The van der Waals surface area contributed by atoms with E-state index in [9.17, 15) is 4.79 Å². The summed E-state index contributed by atoms with van der Waals surface area (Å²) in [5, 5.41) is 0. The Morgan fingerprint density at radius 3 is 2.64 bits per heavy atom. The van der Waals surface area contributed by atoms with Crippen molar-refractivity contribution in [3.05, 3.63) is 48.0 Å². The van der Waals surface area contributed by atoms with Crippen molar-refractivity contribution in [3.63, 3.8) is 0 Å². The van der Waals surface area contributed by atoms with Gasteiger partial charge in [-0.15, -0.1) is 12.4 Å². The molecule has 0 fully saturated rings. The number of benzene rings is 2. The third-order valence-electron chi connectivity index (χ3n) is 4.16. The fraction of sp³-hybridized carbons (Fsp3) is 0.350. The average Bonchev–Trinajstić information content (AvgIpc) is 2.64. The lowest BCUT2D eigenvalue weighted by molar-refractivity contribution is 0.0988. The average molecular weight is 383 g/mol. The first-order valence-corrected chi connectivity index (χ1v) is 8.76. The van der Waals surface area contributed by atoms with Gasteiger partial charge in [-0.25, -0.2) is 0 Å². The van der Waals surface area contributed by atoms with Crippen LogP contribution < -0.4 is 4.90 Å². The summed E-state index contributed by atoms with van der Waals surface area (Å²) in [6.07, 6.45) is 0.380. The highest BCUT2D eigenvalue weighted by Crippen LogP contribution is 2.48. The summed E-state index contributed by atoms with van der Waals surface area (Å²) in [5.41, 5.74) is 2.22. The number of fused-ring (bicyclic) bond motifs is 2. The molecule has 1 heterocycles. The van der Waals surface area contributed by atoms with Crippen LogP contribution in [-0.4, -0.2) is 37.2 Å². The number of carbonyl (C=O) groups excluding carboxylic acids is 1. The normalized spacial score (nSPS) is 18.3. The lowest BCUT2D eigenvalue weighted by Crippen LogP contribution is -2.37. The number of anilines is 2. The van der Waals surface area contributed by atoms with E-state index in [0.29, 0.717) is 16.9 Å². The number of nitrogens with zero attached hydrogens (tertiary/aromatic N) is 2. The maximum absolute atomic E-state index is 12.3. The SMILES string of the molecule is Cl.[2H]C([2H])([2H])N(C(C)CN1c2ccccc2Sc2ccc(C(=O)CC)cc21)C([2H])([2H])[2H]. The zero-order chi connectivity index (χ0) is 22.3. The summed E-state index contributed by atoms with van der Waals surface area (Å²) >= 11 is 1.57. The molecule has 2 aromatic rings. The van der Waals surface area contributed by atoms with E-state index < -0.39 is 20.0 Å². The minimum atomic E-state index is -2.77. The van der Waals surface area contributed by atoms with Crippen LogP contribution in [-0.2, 0) is 0 Å². The minimum Gasteiger partial charge on any atom is -0.338 e. The fourth-order valence-corrected chi connectivity index (χ4v) is 3.83. The monoisotopic (exact) mass is 382 g/mol. The standard InChI is InChI=1S/C20H24N2OS.ClH/c1-5-18(23)15-10-11-20-17(12-15)22(13-14(2)21(3)4)16-8-6-7-9-19(16)24-20;/h6-12,14H,5,13H2,1-4H3;1H/i3D3,4D3;. The van der Waals surface area contributed by atoms with Crippen molar-refractivity contribution in [3.8, 4) is 0 Å². The Labute approximate surface area is 169 Å². The topological polar surface area (TPSA) is 23.6 Å². The zero-order valence-electron chi connectivity index (χ0n) is 20.2. The molecular weight excluding hydrogens is 352 g/mol. The number of hydrogen-bond donors (Lipinski definition) is 0. The van der Waals surface area contributed by atoms with Crippen molar-refractivity contribution in [2.75, 3.05) is 25.4 Å². The van der Waals surface area contributed by atoms with E-state index >= 15 is 0 Å². The number of carbonyl (C=O) groups is 1. The molecule has 0 spiro atoms. The van der Waals surface area contributed by atoms with E-state index in [1.54, 1.807) is 31.7 Å². The van der Waals surface area contributed by atoms with Crippen molar-refractivity contribution in [2.24, 2.45) is 0 Å². The maximum atomic E-state index is 12.3. The van der Waals surface area contributed by atoms with Crippen molar-refractivity contribution in [1.82, 2.24) is 4.90 Å². The largest absolute Gasteiger partial charge is 0.338 e. The van der Waals surface area contributed by atoms with Crippen LogP contribution in [0, 0.1) is 0 Å². The van der Waals surface area contributed by atoms with E-state index in [0.717, 1.165) is 21.2 Å². The Morgan fingerprint density at radius 1 is 1.20 bits per heavy atom. The van der Waals surface area contributed by atoms with Crippen molar-refractivity contribution >= 4 is 41.3 Å². The molecule has 1 atom stereocenters. The van der Waals surface area contributed by atoms with E-state index in [1.807, 2.05) is 41.3 Å². The molecule has 0 aromatic heterocycles. The maximum Gasteiger partial charge on any atom is 0.162 e. The Morgan fingerprint density at radius 2 is 1.92 bits per heavy atom. The van der Waals surface area contributed by atoms with Crippen LogP contribution in [0.3, 0.4) is 0 Å². The lowest BCUT2D eigenvalue weighted by Gasteiger charge is -2.36. The van der Waals surface area contributed by atoms with Crippen LogP contribution in [0.15, 0.2) is 52.3 Å². The fourth-order valence-electron chi connectivity index (χ4n) is 2.75. The van der Waals surface area contributed by atoms with Gasteiger partial charge >= 0.3 is 0 Å². The number of halogens is 1. The van der Waals surface area contributed by atoms with Crippen LogP contribution >= 0.6 is 24.2 Å². The lowest BCUT2D eigenvalue weighted by atomic mass is 10.1. The van der Waals surface area contributed by atoms with Crippen molar-refractivity contribution < 1.29 is 13.0 Å². The minimum absolute atomic E-state index is 0. The molecule has 0 radical (unpaired) electrons. The Balaban J connectivity index is 0.00000341. The van der Waals surface area contributed by atoms with Gasteiger partial charge < -0.3 is 9.80 Å². The summed E-state index contributed by atoms with van der Waals surface area (Å²) in [7, 11) is 0. The molecule has 2 aromatic carbocycles. The number of para-hydroxylation sites is 1. The molecule has 0 N–H and O–H groups in total. The van der Waals surface area contributed by atoms with E-state index in [1.165, 1.54) is 0 Å². The molecule has 0 aliphatic carbocycles. The number of ketones is 1. The number of rotatable bonds is 5. The van der Waals surface area contributed by atoms with E-state index in [-0.39, 0.29) is 24.7 Å². The Bertz CT molecular complexity index is 936. The van der Waals surface area contributed by atoms with Crippen LogP contribution in [0.1, 0.15) is 38.9 Å². The first-order valence-electron chi connectivity index (χ1n) is 10.9. The second-order valence-corrected chi connectivity index (χ2v) is 6.94. The van der Waals surface area contributed by atoms with Crippen LogP contribution in [0.4, 0.5) is 11.4 Å². The molecule has 25 heavy (non-hydrogen) atoms. The van der Waals surface area contributed by atoms with Gasteiger partial charge in [-0.2, -0.15) is 0 Å². The van der Waals surface area contributed by atoms with Crippen LogP contribution in [0.5, 0.6) is 0 Å². The van der Waals surface area contributed by atoms with Crippen molar-refractivity contribution in [2.45, 2.75) is 36.1 Å². The molecule has 3 nitrogen and oxygen atoms in total. The van der Waals surface area contributed by atoms with Gasteiger partial charge in [0.05, 0.1) is 11.4 Å². The summed E-state index contributed by atoms with van der Waals surface area (Å²) in [6.45, 7) is -1.99. The molecule has 1 aliphatic rings. The summed E-state index contributed by atoms with van der Waals surface area (Å²) in [5.74, 6) is 0.0151. The highest BCUT2D eigenvalue weighted by Gasteiger charge is 2.25. The third-order valence-corrected chi connectivity index (χ3v) is 5.29. The predicted octanol–water partition coefficient (Wildman–Crippen LogP) is 5.25. The second-order valence-electron chi connectivity index (χ2n) is 5.86. The molecule has 1 unspecified atom stereocenters. The Kier molecular flexibility index (Phi) is 4.23. The van der Waals surface area contributed by atoms with Crippen LogP contribution in [0.2, 0.25) is 0 Å². The second kappa shape index (κ2) is 8.26. The molecule has 1 aliphatic heterocycles. The molecular formula is C20H25ClN2OS. The Hall–Kier alpha value is -1.49. The predicted molar refractivity (Wildman–Crippen MR) is 109 cm³/mol. The summed E-state index contributed by atoms with van der Waals surface area (Å²) in [6, 6.07) is 12.4.